The third-order valence-corrected chi connectivity index (χ3v) is 2.11. The Morgan fingerprint density at radius 3 is 2.75 bits per heavy atom. The highest BCUT2D eigenvalue weighted by atomic mass is 16.5. The molecule has 0 aliphatic rings. The summed E-state index contributed by atoms with van der Waals surface area (Å²) in [6.07, 6.45) is 0. The molecule has 0 aliphatic heterocycles. The van der Waals surface area contributed by atoms with Crippen LogP contribution in [0.3, 0.4) is 0 Å². The normalized spacial score (nSPS) is 10.4. The minimum atomic E-state index is -0.0305. The van der Waals surface area contributed by atoms with Crippen molar-refractivity contribution < 1.29 is 9.47 Å². The molecule has 0 atom stereocenters. The van der Waals surface area contributed by atoms with Gasteiger partial charge in [-0.15, -0.1) is 0 Å². The van der Waals surface area contributed by atoms with E-state index < -0.39 is 0 Å². The summed E-state index contributed by atoms with van der Waals surface area (Å²) in [6.45, 7) is 5.32. The number of rotatable bonds is 6. The number of nitrogens with zero attached hydrogens (tertiary/aromatic N) is 2. The van der Waals surface area contributed by atoms with Crippen molar-refractivity contribution in [3.05, 3.63) is 11.3 Å². The second-order valence-corrected chi connectivity index (χ2v) is 3.35. The molecule has 16 heavy (non-hydrogen) atoms. The van der Waals surface area contributed by atoms with E-state index in [0.29, 0.717) is 37.0 Å². The van der Waals surface area contributed by atoms with Crippen LogP contribution in [0, 0.1) is 12.3 Å². The zero-order valence-electron chi connectivity index (χ0n) is 9.91. The van der Waals surface area contributed by atoms with E-state index in [9.17, 15) is 0 Å². The molecule has 90 valence electrons. The van der Waals surface area contributed by atoms with Crippen molar-refractivity contribution in [1.29, 1.82) is 5.41 Å². The number of nitrogens with two attached hydrogens (primary N) is 1. The van der Waals surface area contributed by atoms with E-state index in [0.717, 1.165) is 0 Å². The molecule has 1 aromatic rings. The first kappa shape index (κ1) is 12.5. The first-order chi connectivity index (χ1) is 7.57. The number of hydrogen-bond donors (Lipinski definition) is 2. The highest BCUT2D eigenvalue weighted by Crippen LogP contribution is 2.20. The number of aromatic nitrogens is 2. The zero-order chi connectivity index (χ0) is 12.1. The molecule has 6 heteroatoms. The minimum absolute atomic E-state index is 0.0305. The molecular formula is C10H18N4O2. The van der Waals surface area contributed by atoms with Crippen LogP contribution in [0.4, 0.5) is 0 Å². The predicted molar refractivity (Wildman–Crippen MR) is 60.9 cm³/mol. The molecule has 0 radical (unpaired) electrons. The van der Waals surface area contributed by atoms with E-state index in [2.05, 4.69) is 5.10 Å². The maximum atomic E-state index is 7.46. The standard InChI is InChI=1S/C10H18N4O2/c1-4-15-5-6-16-10-8(9(11)12)7(2)13-14(10)3/h4-6H2,1-3H3,(H3,11,12). The van der Waals surface area contributed by atoms with Gasteiger partial charge in [-0.2, -0.15) is 5.10 Å². The van der Waals surface area contributed by atoms with Crippen LogP contribution in [-0.4, -0.2) is 35.4 Å². The Bertz CT molecular complexity index is 373. The quantitative estimate of drug-likeness (QED) is 0.418. The second kappa shape index (κ2) is 5.50. The summed E-state index contributed by atoms with van der Waals surface area (Å²) in [5, 5.41) is 11.6. The lowest BCUT2D eigenvalue weighted by Crippen LogP contribution is -2.15. The van der Waals surface area contributed by atoms with Gasteiger partial charge in [0.1, 0.15) is 18.0 Å². The smallest absolute Gasteiger partial charge is 0.223 e. The van der Waals surface area contributed by atoms with Gasteiger partial charge in [0.15, 0.2) is 0 Å². The van der Waals surface area contributed by atoms with Crippen LogP contribution in [0.5, 0.6) is 5.88 Å². The van der Waals surface area contributed by atoms with Gasteiger partial charge < -0.3 is 15.2 Å². The molecule has 0 unspecified atom stereocenters. The molecule has 1 aromatic heterocycles. The number of hydrogen-bond acceptors (Lipinski definition) is 4. The van der Waals surface area contributed by atoms with Gasteiger partial charge in [-0.05, 0) is 13.8 Å². The van der Waals surface area contributed by atoms with Crippen molar-refractivity contribution in [2.75, 3.05) is 19.8 Å². The Labute approximate surface area is 94.8 Å². The summed E-state index contributed by atoms with van der Waals surface area (Å²) in [5.74, 6) is 0.488. The molecular weight excluding hydrogens is 208 g/mol. The van der Waals surface area contributed by atoms with Crippen molar-refractivity contribution in [3.8, 4) is 5.88 Å². The fourth-order valence-corrected chi connectivity index (χ4v) is 1.45. The molecule has 0 aromatic carbocycles. The summed E-state index contributed by atoms with van der Waals surface area (Å²) >= 11 is 0. The summed E-state index contributed by atoms with van der Waals surface area (Å²) in [7, 11) is 1.76. The van der Waals surface area contributed by atoms with Crippen LogP contribution in [-0.2, 0) is 11.8 Å². The van der Waals surface area contributed by atoms with Gasteiger partial charge >= 0.3 is 0 Å². The maximum Gasteiger partial charge on any atom is 0.223 e. The van der Waals surface area contributed by atoms with Crippen LogP contribution in [0.1, 0.15) is 18.2 Å². The first-order valence-electron chi connectivity index (χ1n) is 5.16. The summed E-state index contributed by atoms with van der Waals surface area (Å²) in [6, 6.07) is 0. The van der Waals surface area contributed by atoms with Gasteiger partial charge in [-0.25, -0.2) is 4.68 Å². The highest BCUT2D eigenvalue weighted by molar-refractivity contribution is 5.98. The largest absolute Gasteiger partial charge is 0.475 e. The maximum absolute atomic E-state index is 7.46. The molecule has 0 saturated carbocycles. The molecule has 6 nitrogen and oxygen atoms in total. The van der Waals surface area contributed by atoms with Crippen LogP contribution >= 0.6 is 0 Å². The van der Waals surface area contributed by atoms with E-state index in [1.165, 1.54) is 0 Å². The molecule has 1 heterocycles. The Hall–Kier alpha value is -1.56. The van der Waals surface area contributed by atoms with Gasteiger partial charge in [0.2, 0.25) is 5.88 Å². The van der Waals surface area contributed by atoms with Crippen molar-refractivity contribution >= 4 is 5.84 Å². The third kappa shape index (κ3) is 2.73. The fraction of sp³-hybridized carbons (Fsp3) is 0.600. The average molecular weight is 226 g/mol. The number of nitrogens with one attached hydrogen (secondary N) is 1. The molecule has 1 rings (SSSR count). The van der Waals surface area contributed by atoms with E-state index >= 15 is 0 Å². The van der Waals surface area contributed by atoms with Gasteiger partial charge in [-0.1, -0.05) is 0 Å². The monoisotopic (exact) mass is 226 g/mol. The van der Waals surface area contributed by atoms with Gasteiger partial charge in [-0.3, -0.25) is 5.41 Å². The number of ether oxygens (including phenoxy) is 2. The van der Waals surface area contributed by atoms with E-state index in [1.807, 2.05) is 6.92 Å². The van der Waals surface area contributed by atoms with Gasteiger partial charge in [0.05, 0.1) is 12.3 Å². The Morgan fingerprint density at radius 1 is 1.50 bits per heavy atom. The van der Waals surface area contributed by atoms with Gasteiger partial charge in [0, 0.05) is 13.7 Å². The lowest BCUT2D eigenvalue weighted by atomic mass is 10.2. The third-order valence-electron chi connectivity index (χ3n) is 2.11. The van der Waals surface area contributed by atoms with Crippen molar-refractivity contribution in [1.82, 2.24) is 9.78 Å². The van der Waals surface area contributed by atoms with Gasteiger partial charge in [0.25, 0.3) is 0 Å². The molecule has 0 aliphatic carbocycles. The fourth-order valence-electron chi connectivity index (χ4n) is 1.45. The Balaban J connectivity index is 2.74. The molecule has 3 N–H and O–H groups in total. The number of amidine groups is 1. The van der Waals surface area contributed by atoms with Crippen molar-refractivity contribution in [2.24, 2.45) is 12.8 Å². The minimum Gasteiger partial charge on any atom is -0.475 e. The van der Waals surface area contributed by atoms with Crippen LogP contribution in [0.25, 0.3) is 0 Å². The summed E-state index contributed by atoms with van der Waals surface area (Å²) in [5.41, 5.74) is 6.73. The Kier molecular flexibility index (Phi) is 4.30. The topological polar surface area (TPSA) is 86.2 Å². The molecule has 0 fully saturated rings. The SMILES string of the molecule is CCOCCOc1c(C(=N)N)c(C)nn1C. The lowest BCUT2D eigenvalue weighted by Gasteiger charge is -2.08. The predicted octanol–water partition coefficient (Wildman–Crippen LogP) is 0.428. The summed E-state index contributed by atoms with van der Waals surface area (Å²) < 4.78 is 12.3. The van der Waals surface area contributed by atoms with E-state index in [1.54, 1.807) is 18.7 Å². The number of nitrogen functional groups attached to an aromatic ring is 1. The van der Waals surface area contributed by atoms with E-state index in [-0.39, 0.29) is 5.84 Å². The molecule has 0 bridgehead atoms. The van der Waals surface area contributed by atoms with Crippen molar-refractivity contribution in [2.45, 2.75) is 13.8 Å². The number of aryl methyl sites for hydroxylation is 2. The van der Waals surface area contributed by atoms with E-state index in [4.69, 9.17) is 20.6 Å². The first-order valence-corrected chi connectivity index (χ1v) is 5.16. The average Bonchev–Trinajstić information content (AvgIpc) is 2.48. The zero-order valence-corrected chi connectivity index (χ0v) is 9.91. The van der Waals surface area contributed by atoms with Crippen LogP contribution < -0.4 is 10.5 Å². The summed E-state index contributed by atoms with van der Waals surface area (Å²) in [4.78, 5) is 0. The molecule has 0 amide bonds. The molecule has 0 spiro atoms. The van der Waals surface area contributed by atoms with Crippen molar-refractivity contribution in [3.63, 3.8) is 0 Å². The Morgan fingerprint density at radius 2 is 2.19 bits per heavy atom. The van der Waals surface area contributed by atoms with Crippen LogP contribution in [0.15, 0.2) is 0 Å². The molecule has 0 saturated heterocycles. The highest BCUT2D eigenvalue weighted by Gasteiger charge is 2.16. The van der Waals surface area contributed by atoms with Crippen LogP contribution in [0.2, 0.25) is 0 Å². The lowest BCUT2D eigenvalue weighted by molar-refractivity contribution is 0.106. The second-order valence-electron chi connectivity index (χ2n) is 3.35.